The van der Waals surface area contributed by atoms with E-state index < -0.39 is 0 Å². The minimum Gasteiger partial charge on any atom is -0.465 e. The molecule has 0 saturated carbocycles. The quantitative estimate of drug-likeness (QED) is 0.355. The normalized spacial score (nSPS) is 12.8. The number of carbonyl (C=O) groups is 2. The van der Waals surface area contributed by atoms with Crippen LogP contribution in [0.5, 0.6) is 0 Å². The second-order valence-electron chi connectivity index (χ2n) is 7.48. The molecule has 0 fully saturated rings. The number of hydrogen-bond acceptors (Lipinski definition) is 8. The maximum absolute atomic E-state index is 12.7. The average molecular weight is 491 g/mol. The zero-order valence-electron chi connectivity index (χ0n) is 18.6. The summed E-state index contributed by atoms with van der Waals surface area (Å²) in [5, 5.41) is 15.1. The van der Waals surface area contributed by atoms with Gasteiger partial charge in [-0.2, -0.15) is 0 Å². The first-order valence-electron chi connectivity index (χ1n) is 10.6. The van der Waals surface area contributed by atoms with E-state index >= 15 is 0 Å². The number of nitrogens with zero attached hydrogens (tertiary/aromatic N) is 3. The van der Waals surface area contributed by atoms with Crippen molar-refractivity contribution in [2.75, 3.05) is 18.2 Å². The Hall–Kier alpha value is -2.17. The Labute approximate surface area is 199 Å². The molecule has 0 unspecified atom stereocenters. The van der Waals surface area contributed by atoms with E-state index in [2.05, 4.69) is 46.2 Å². The average Bonchev–Trinajstić information content (AvgIpc) is 3.54. The van der Waals surface area contributed by atoms with E-state index in [1.807, 2.05) is 0 Å². The van der Waals surface area contributed by atoms with Gasteiger partial charge in [-0.05, 0) is 50.7 Å². The molecule has 1 amide bonds. The molecule has 10 heteroatoms. The van der Waals surface area contributed by atoms with E-state index in [9.17, 15) is 9.59 Å². The molecule has 0 saturated heterocycles. The number of thioether (sulfide) groups is 1. The lowest BCUT2D eigenvalue weighted by Crippen LogP contribution is -2.16. The molecule has 170 valence electrons. The first kappa shape index (κ1) is 23.0. The lowest BCUT2D eigenvalue weighted by molar-refractivity contribution is -0.113. The highest BCUT2D eigenvalue weighted by molar-refractivity contribution is 7.99. The fourth-order valence-corrected chi connectivity index (χ4v) is 7.12. The van der Waals surface area contributed by atoms with Gasteiger partial charge in [-0.15, -0.1) is 32.9 Å². The first-order chi connectivity index (χ1) is 15.5. The third-order valence-electron chi connectivity index (χ3n) is 5.63. The standard InChI is InChI=1S/C22H26N4O3S3/c1-5-13-12(3)30-10-15(13)19-24-25-22(26(19)6-2)31-11-17(27)23-20-18(21(28)29-4)14-8-7-9-16(14)32-20/h10H,5-9,11H2,1-4H3,(H,23,27). The second kappa shape index (κ2) is 9.76. The van der Waals surface area contributed by atoms with E-state index in [-0.39, 0.29) is 17.6 Å². The zero-order valence-corrected chi connectivity index (χ0v) is 21.1. The van der Waals surface area contributed by atoms with E-state index in [0.717, 1.165) is 42.6 Å². The Kier molecular flexibility index (Phi) is 7.02. The summed E-state index contributed by atoms with van der Waals surface area (Å²) in [6.45, 7) is 7.04. The number of carbonyl (C=O) groups excluding carboxylic acids is 2. The van der Waals surface area contributed by atoms with Gasteiger partial charge in [-0.25, -0.2) is 4.79 Å². The van der Waals surface area contributed by atoms with Gasteiger partial charge in [0.15, 0.2) is 11.0 Å². The number of nitrogens with one attached hydrogen (secondary N) is 1. The van der Waals surface area contributed by atoms with E-state index in [1.54, 1.807) is 11.3 Å². The number of anilines is 1. The number of methoxy groups -OCH3 is 1. The topological polar surface area (TPSA) is 86.1 Å². The van der Waals surface area contributed by atoms with Crippen molar-refractivity contribution in [2.45, 2.75) is 58.2 Å². The summed E-state index contributed by atoms with van der Waals surface area (Å²) in [4.78, 5) is 27.5. The van der Waals surface area contributed by atoms with Crippen molar-refractivity contribution in [3.05, 3.63) is 31.8 Å². The van der Waals surface area contributed by atoms with Crippen LogP contribution in [0, 0.1) is 6.92 Å². The highest BCUT2D eigenvalue weighted by atomic mass is 32.2. The summed E-state index contributed by atoms with van der Waals surface area (Å²) < 4.78 is 7.01. The van der Waals surface area contributed by atoms with Crippen LogP contribution in [0.4, 0.5) is 5.00 Å². The van der Waals surface area contributed by atoms with E-state index in [0.29, 0.717) is 22.3 Å². The SMILES string of the molecule is CCc1c(-c2nnc(SCC(=O)Nc3sc4c(c3C(=O)OC)CCC4)n2CC)csc1C. The molecule has 0 radical (unpaired) electrons. The maximum Gasteiger partial charge on any atom is 0.341 e. The van der Waals surface area contributed by atoms with Crippen molar-refractivity contribution >= 4 is 51.3 Å². The fraction of sp³-hybridized carbons (Fsp3) is 0.455. The fourth-order valence-electron chi connectivity index (χ4n) is 4.09. The number of aromatic nitrogens is 3. The summed E-state index contributed by atoms with van der Waals surface area (Å²) in [7, 11) is 1.37. The summed E-state index contributed by atoms with van der Waals surface area (Å²) >= 11 is 4.56. The summed E-state index contributed by atoms with van der Waals surface area (Å²) in [5.74, 6) is 0.470. The molecule has 0 atom stereocenters. The van der Waals surface area contributed by atoms with Crippen molar-refractivity contribution in [1.82, 2.24) is 14.8 Å². The van der Waals surface area contributed by atoms with Gasteiger partial charge in [-0.1, -0.05) is 18.7 Å². The van der Waals surface area contributed by atoms with Crippen molar-refractivity contribution < 1.29 is 14.3 Å². The van der Waals surface area contributed by atoms with Crippen LogP contribution < -0.4 is 5.32 Å². The first-order valence-corrected chi connectivity index (χ1v) is 13.3. The monoisotopic (exact) mass is 490 g/mol. The van der Waals surface area contributed by atoms with Gasteiger partial charge in [0.2, 0.25) is 5.91 Å². The Balaban J connectivity index is 1.49. The van der Waals surface area contributed by atoms with Gasteiger partial charge in [0.25, 0.3) is 0 Å². The second-order valence-corrected chi connectivity index (χ2v) is 10.6. The van der Waals surface area contributed by atoms with Crippen LogP contribution in [0.3, 0.4) is 0 Å². The van der Waals surface area contributed by atoms with Crippen molar-refractivity contribution in [3.63, 3.8) is 0 Å². The lowest BCUT2D eigenvalue weighted by Gasteiger charge is -2.09. The smallest absolute Gasteiger partial charge is 0.341 e. The molecule has 0 spiro atoms. The molecule has 3 aromatic rings. The minimum absolute atomic E-state index is 0.173. The molecule has 32 heavy (non-hydrogen) atoms. The number of aryl methyl sites for hydroxylation is 2. The van der Waals surface area contributed by atoms with Gasteiger partial charge in [0.05, 0.1) is 18.4 Å². The Morgan fingerprint density at radius 1 is 1.28 bits per heavy atom. The van der Waals surface area contributed by atoms with Gasteiger partial charge in [0, 0.05) is 27.2 Å². The molecule has 0 aromatic carbocycles. The number of ether oxygens (including phenoxy) is 1. The molecular weight excluding hydrogens is 464 g/mol. The molecule has 4 rings (SSSR count). The van der Waals surface area contributed by atoms with Crippen molar-refractivity contribution in [3.8, 4) is 11.4 Å². The predicted octanol–water partition coefficient (Wildman–Crippen LogP) is 4.96. The largest absolute Gasteiger partial charge is 0.465 e. The number of rotatable bonds is 8. The number of thiophene rings is 2. The van der Waals surface area contributed by atoms with Crippen LogP contribution in [-0.2, 0) is 35.3 Å². The highest BCUT2D eigenvalue weighted by Gasteiger charge is 2.28. The van der Waals surface area contributed by atoms with Gasteiger partial charge in [0.1, 0.15) is 5.00 Å². The van der Waals surface area contributed by atoms with Gasteiger partial charge in [-0.3, -0.25) is 4.79 Å². The van der Waals surface area contributed by atoms with E-state index in [1.165, 1.54) is 45.5 Å². The van der Waals surface area contributed by atoms with Crippen LogP contribution in [-0.4, -0.2) is 39.5 Å². The molecule has 1 aliphatic carbocycles. The number of hydrogen-bond donors (Lipinski definition) is 1. The molecule has 1 aliphatic rings. The molecule has 0 aliphatic heterocycles. The summed E-state index contributed by atoms with van der Waals surface area (Å²) in [5.41, 5.74) is 3.96. The molecule has 7 nitrogen and oxygen atoms in total. The molecule has 1 N–H and O–H groups in total. The Morgan fingerprint density at radius 3 is 2.81 bits per heavy atom. The number of esters is 1. The van der Waals surface area contributed by atoms with Crippen molar-refractivity contribution in [2.24, 2.45) is 0 Å². The predicted molar refractivity (Wildman–Crippen MR) is 130 cm³/mol. The van der Waals surface area contributed by atoms with Gasteiger partial charge >= 0.3 is 5.97 Å². The molecule has 3 heterocycles. The van der Waals surface area contributed by atoms with E-state index in [4.69, 9.17) is 4.74 Å². The van der Waals surface area contributed by atoms with Crippen molar-refractivity contribution in [1.29, 1.82) is 0 Å². The number of fused-ring (bicyclic) bond motifs is 1. The zero-order chi connectivity index (χ0) is 22.8. The van der Waals surface area contributed by atoms with Crippen LogP contribution >= 0.6 is 34.4 Å². The van der Waals surface area contributed by atoms with Crippen LogP contribution in [0.2, 0.25) is 0 Å². The Morgan fingerprint density at radius 2 is 2.09 bits per heavy atom. The highest BCUT2D eigenvalue weighted by Crippen LogP contribution is 2.39. The summed E-state index contributed by atoms with van der Waals surface area (Å²) in [6, 6.07) is 0. The maximum atomic E-state index is 12.7. The van der Waals surface area contributed by atoms with Crippen LogP contribution in [0.15, 0.2) is 10.5 Å². The minimum atomic E-state index is -0.388. The molecular formula is C22H26N4O3S3. The number of amides is 1. The van der Waals surface area contributed by atoms with Crippen LogP contribution in [0.25, 0.3) is 11.4 Å². The molecule has 0 bridgehead atoms. The third-order valence-corrected chi connectivity index (χ3v) is 8.75. The third kappa shape index (κ3) is 4.23. The summed E-state index contributed by atoms with van der Waals surface area (Å²) in [6.07, 6.45) is 3.77. The van der Waals surface area contributed by atoms with Gasteiger partial charge < -0.3 is 14.6 Å². The van der Waals surface area contributed by atoms with Crippen LogP contribution in [0.1, 0.15) is 51.5 Å². The molecule has 3 aromatic heterocycles. The Bertz CT molecular complexity index is 1160. The lowest BCUT2D eigenvalue weighted by atomic mass is 10.1.